The Hall–Kier alpha value is -3.74. The van der Waals surface area contributed by atoms with Gasteiger partial charge in [0.1, 0.15) is 5.82 Å². The van der Waals surface area contributed by atoms with Crippen molar-refractivity contribution >= 4 is 34.4 Å². The van der Waals surface area contributed by atoms with Crippen LogP contribution in [0.4, 0.5) is 5.82 Å². The average molecular weight is 457 g/mol. The van der Waals surface area contributed by atoms with Crippen molar-refractivity contribution in [1.82, 2.24) is 14.8 Å². The summed E-state index contributed by atoms with van der Waals surface area (Å²) in [5.41, 5.74) is 4.29. The van der Waals surface area contributed by atoms with Gasteiger partial charge in [-0.25, -0.2) is 4.98 Å². The molecule has 174 valence electrons. The van der Waals surface area contributed by atoms with Gasteiger partial charge in [-0.15, -0.1) is 0 Å². The summed E-state index contributed by atoms with van der Waals surface area (Å²) in [4.78, 5) is 48.0. The molecule has 2 aliphatic heterocycles. The van der Waals surface area contributed by atoms with Crippen LogP contribution in [-0.2, 0) is 4.79 Å². The maximum atomic E-state index is 12.8. The summed E-state index contributed by atoms with van der Waals surface area (Å²) in [6.45, 7) is 7.19. The summed E-state index contributed by atoms with van der Waals surface area (Å²) in [6.07, 6.45) is 0.787. The third-order valence-electron chi connectivity index (χ3n) is 6.84. The first-order chi connectivity index (χ1) is 16.4. The molecule has 0 N–H and O–H groups in total. The van der Waals surface area contributed by atoms with E-state index in [1.807, 2.05) is 4.90 Å². The first-order valence-corrected chi connectivity index (χ1v) is 11.8. The Kier molecular flexibility index (Phi) is 5.77. The second-order valence-electron chi connectivity index (χ2n) is 9.05. The Morgan fingerprint density at radius 3 is 2.24 bits per heavy atom. The molecule has 3 amide bonds. The largest absolute Gasteiger partial charge is 0.353 e. The van der Waals surface area contributed by atoms with Crippen molar-refractivity contribution in [2.75, 3.05) is 37.6 Å². The van der Waals surface area contributed by atoms with Gasteiger partial charge < -0.3 is 9.80 Å². The summed E-state index contributed by atoms with van der Waals surface area (Å²) in [7, 11) is 0. The van der Waals surface area contributed by atoms with Crippen molar-refractivity contribution in [2.45, 2.75) is 26.7 Å². The predicted molar refractivity (Wildman–Crippen MR) is 131 cm³/mol. The molecule has 0 spiro atoms. The molecule has 0 saturated carbocycles. The molecule has 5 rings (SSSR count). The lowest BCUT2D eigenvalue weighted by Crippen LogP contribution is -2.49. The minimum Gasteiger partial charge on any atom is -0.353 e. The fourth-order valence-electron chi connectivity index (χ4n) is 4.88. The van der Waals surface area contributed by atoms with E-state index in [0.717, 1.165) is 30.0 Å². The molecule has 0 atom stereocenters. The molecule has 0 unspecified atom stereocenters. The van der Waals surface area contributed by atoms with Crippen molar-refractivity contribution in [3.63, 3.8) is 0 Å². The number of aryl methyl sites for hydroxylation is 2. The van der Waals surface area contributed by atoms with Gasteiger partial charge >= 0.3 is 0 Å². The van der Waals surface area contributed by atoms with Crippen molar-refractivity contribution in [3.05, 3.63) is 70.8 Å². The predicted octanol–water partition coefficient (Wildman–Crippen LogP) is 3.58. The van der Waals surface area contributed by atoms with Crippen LogP contribution in [0.2, 0.25) is 0 Å². The Morgan fingerprint density at radius 1 is 0.882 bits per heavy atom. The number of carbonyl (C=O) groups is 3. The fraction of sp³-hybridized carbons (Fsp3) is 0.333. The highest BCUT2D eigenvalue weighted by Crippen LogP contribution is 2.26. The smallest absolute Gasteiger partial charge is 0.261 e. The van der Waals surface area contributed by atoms with Crippen molar-refractivity contribution < 1.29 is 14.4 Å². The van der Waals surface area contributed by atoms with Gasteiger partial charge in [0.25, 0.3) is 11.8 Å². The molecule has 7 nitrogen and oxygen atoms in total. The number of rotatable bonds is 5. The molecule has 2 aliphatic rings. The third-order valence-corrected chi connectivity index (χ3v) is 6.84. The average Bonchev–Trinajstić information content (AvgIpc) is 3.09. The number of aromatic nitrogens is 1. The second-order valence-corrected chi connectivity index (χ2v) is 9.05. The number of hydrogen-bond donors (Lipinski definition) is 0. The Bertz CT molecular complexity index is 1260. The van der Waals surface area contributed by atoms with Gasteiger partial charge in [0, 0.05) is 44.5 Å². The topological polar surface area (TPSA) is 73.8 Å². The number of imide groups is 1. The van der Waals surface area contributed by atoms with Crippen LogP contribution in [0.5, 0.6) is 0 Å². The Morgan fingerprint density at radius 2 is 1.56 bits per heavy atom. The molecule has 0 bridgehead atoms. The monoisotopic (exact) mass is 456 g/mol. The summed E-state index contributed by atoms with van der Waals surface area (Å²) in [6, 6.07) is 15.2. The van der Waals surface area contributed by atoms with E-state index in [1.165, 1.54) is 15.8 Å². The zero-order chi connectivity index (χ0) is 23.8. The van der Waals surface area contributed by atoms with Crippen LogP contribution in [0.25, 0.3) is 10.9 Å². The van der Waals surface area contributed by atoms with Crippen LogP contribution in [0.15, 0.2) is 48.5 Å². The van der Waals surface area contributed by atoms with Gasteiger partial charge in [-0.1, -0.05) is 30.3 Å². The number of benzene rings is 2. The number of carbonyl (C=O) groups excluding carboxylic acids is 3. The van der Waals surface area contributed by atoms with Gasteiger partial charge in [0.15, 0.2) is 0 Å². The highest BCUT2D eigenvalue weighted by molar-refractivity contribution is 6.21. The van der Waals surface area contributed by atoms with Gasteiger partial charge in [0.05, 0.1) is 16.6 Å². The standard InChI is InChI=1S/C27H28N4O3/c1-18-7-5-10-20-19(2)17-23(28-25(18)20)29-13-15-30(16-14-29)24(32)11-6-12-31-26(33)21-8-3-4-9-22(21)27(31)34/h3-5,7-10,17H,6,11-16H2,1-2H3. The minimum absolute atomic E-state index is 0.0646. The van der Waals surface area contributed by atoms with Crippen molar-refractivity contribution in [2.24, 2.45) is 0 Å². The number of fused-ring (bicyclic) bond motifs is 2. The van der Waals surface area contributed by atoms with E-state index >= 15 is 0 Å². The van der Waals surface area contributed by atoms with E-state index in [0.29, 0.717) is 37.1 Å². The normalized spacial score (nSPS) is 15.9. The van der Waals surface area contributed by atoms with E-state index < -0.39 is 0 Å². The molecule has 1 fully saturated rings. The Labute approximate surface area is 199 Å². The van der Waals surface area contributed by atoms with E-state index in [2.05, 4.69) is 43.0 Å². The molecule has 3 aromatic rings. The third kappa shape index (κ3) is 3.91. The van der Waals surface area contributed by atoms with E-state index in [-0.39, 0.29) is 24.3 Å². The number of pyridine rings is 1. The minimum atomic E-state index is -0.268. The maximum Gasteiger partial charge on any atom is 0.261 e. The summed E-state index contributed by atoms with van der Waals surface area (Å²) < 4.78 is 0. The first-order valence-electron chi connectivity index (χ1n) is 11.8. The molecule has 34 heavy (non-hydrogen) atoms. The van der Waals surface area contributed by atoms with Crippen molar-refractivity contribution in [3.8, 4) is 0 Å². The summed E-state index contributed by atoms with van der Waals surface area (Å²) in [5, 5.41) is 1.18. The number of amides is 3. The summed E-state index contributed by atoms with van der Waals surface area (Å²) in [5.74, 6) is 0.483. The summed E-state index contributed by atoms with van der Waals surface area (Å²) >= 11 is 0. The van der Waals surface area contributed by atoms with Gasteiger partial charge in [-0.3, -0.25) is 19.3 Å². The van der Waals surface area contributed by atoms with E-state index in [4.69, 9.17) is 4.98 Å². The quantitative estimate of drug-likeness (QED) is 0.549. The van der Waals surface area contributed by atoms with E-state index in [9.17, 15) is 14.4 Å². The number of piperazine rings is 1. The lowest BCUT2D eigenvalue weighted by Gasteiger charge is -2.36. The highest BCUT2D eigenvalue weighted by Gasteiger charge is 2.34. The molecule has 7 heteroatoms. The number of hydrogen-bond acceptors (Lipinski definition) is 5. The molecule has 0 radical (unpaired) electrons. The van der Waals surface area contributed by atoms with E-state index in [1.54, 1.807) is 24.3 Å². The van der Waals surface area contributed by atoms with Crippen molar-refractivity contribution in [1.29, 1.82) is 0 Å². The molecule has 0 aliphatic carbocycles. The van der Waals surface area contributed by atoms with Gasteiger partial charge in [-0.05, 0) is 49.6 Å². The zero-order valence-corrected chi connectivity index (χ0v) is 19.6. The van der Waals surface area contributed by atoms with Crippen LogP contribution < -0.4 is 4.90 Å². The molecule has 1 aromatic heterocycles. The van der Waals surface area contributed by atoms with Crippen LogP contribution >= 0.6 is 0 Å². The van der Waals surface area contributed by atoms with Crippen LogP contribution in [-0.4, -0.2) is 65.2 Å². The molecular weight excluding hydrogens is 428 g/mol. The lowest BCUT2D eigenvalue weighted by atomic mass is 10.1. The van der Waals surface area contributed by atoms with Crippen LogP contribution in [0.1, 0.15) is 44.7 Å². The number of nitrogens with zero attached hydrogens (tertiary/aromatic N) is 4. The Balaban J connectivity index is 1.15. The lowest BCUT2D eigenvalue weighted by molar-refractivity contribution is -0.131. The SMILES string of the molecule is Cc1cc(N2CCN(C(=O)CCCN3C(=O)c4ccccc4C3=O)CC2)nc2c(C)cccc12. The molecule has 1 saturated heterocycles. The van der Waals surface area contributed by atoms with Crippen LogP contribution in [0.3, 0.4) is 0 Å². The molecule has 2 aromatic carbocycles. The molecular formula is C27H28N4O3. The fourth-order valence-corrected chi connectivity index (χ4v) is 4.88. The van der Waals surface area contributed by atoms with Gasteiger partial charge in [-0.2, -0.15) is 0 Å². The zero-order valence-electron chi connectivity index (χ0n) is 19.6. The van der Waals surface area contributed by atoms with Crippen LogP contribution in [0, 0.1) is 13.8 Å². The maximum absolute atomic E-state index is 12.8. The number of anilines is 1. The number of para-hydroxylation sites is 1. The van der Waals surface area contributed by atoms with Gasteiger partial charge in [0.2, 0.25) is 5.91 Å². The highest BCUT2D eigenvalue weighted by atomic mass is 16.2. The first kappa shape index (κ1) is 22.1. The second kappa shape index (κ2) is 8.89. The molecule has 3 heterocycles.